The molecule has 0 spiro atoms. The molecule has 0 fully saturated rings. The molecule has 1 amide bonds. The highest BCUT2D eigenvalue weighted by atomic mass is 19.1. The molecule has 1 aromatic heterocycles. The Balaban J connectivity index is 1.77. The molecule has 5 rings (SSSR count). The number of aromatic amines is 1. The lowest BCUT2D eigenvalue weighted by Gasteiger charge is -2.28. The molecular weight excluding hydrogens is 409 g/mol. The van der Waals surface area contributed by atoms with Gasteiger partial charge in [0.2, 0.25) is 0 Å². The second-order valence-electron chi connectivity index (χ2n) is 7.39. The molecule has 6 nitrogen and oxygen atoms in total. The summed E-state index contributed by atoms with van der Waals surface area (Å²) in [5.74, 6) is 0.709. The van der Waals surface area contributed by atoms with Gasteiger partial charge in [-0.3, -0.25) is 14.8 Å². The molecular formula is C25H20FN3O3. The summed E-state index contributed by atoms with van der Waals surface area (Å²) in [4.78, 5) is 15.3. The van der Waals surface area contributed by atoms with Crippen molar-refractivity contribution in [2.24, 2.45) is 0 Å². The number of H-pyrrole nitrogens is 1. The number of para-hydroxylation sites is 1. The van der Waals surface area contributed by atoms with Gasteiger partial charge in [-0.2, -0.15) is 5.10 Å². The molecule has 3 aromatic carbocycles. The van der Waals surface area contributed by atoms with Gasteiger partial charge in [0, 0.05) is 22.4 Å². The topological polar surface area (TPSA) is 67.5 Å². The molecule has 1 aliphatic rings. The van der Waals surface area contributed by atoms with E-state index in [1.54, 1.807) is 31.3 Å². The molecule has 160 valence electrons. The van der Waals surface area contributed by atoms with Crippen molar-refractivity contribution in [2.75, 3.05) is 19.1 Å². The Bertz CT molecular complexity index is 1290. The van der Waals surface area contributed by atoms with Crippen LogP contribution in [-0.2, 0) is 0 Å². The number of halogens is 1. The van der Waals surface area contributed by atoms with Gasteiger partial charge in [-0.05, 0) is 54.6 Å². The molecule has 32 heavy (non-hydrogen) atoms. The summed E-state index contributed by atoms with van der Waals surface area (Å²) in [6, 6.07) is 20.5. The van der Waals surface area contributed by atoms with E-state index in [4.69, 9.17) is 9.47 Å². The van der Waals surface area contributed by atoms with Crippen molar-refractivity contribution in [2.45, 2.75) is 6.04 Å². The monoisotopic (exact) mass is 429 g/mol. The van der Waals surface area contributed by atoms with Crippen LogP contribution in [0.5, 0.6) is 11.5 Å². The number of hydrogen-bond acceptors (Lipinski definition) is 4. The third-order valence-corrected chi connectivity index (χ3v) is 5.65. The smallest absolute Gasteiger partial charge is 0.277 e. The van der Waals surface area contributed by atoms with Crippen molar-refractivity contribution in [3.05, 3.63) is 95.4 Å². The van der Waals surface area contributed by atoms with E-state index < -0.39 is 6.04 Å². The van der Waals surface area contributed by atoms with Gasteiger partial charge >= 0.3 is 0 Å². The minimum atomic E-state index is -0.524. The van der Waals surface area contributed by atoms with E-state index in [0.29, 0.717) is 34.0 Å². The van der Waals surface area contributed by atoms with Gasteiger partial charge in [-0.1, -0.05) is 18.2 Å². The van der Waals surface area contributed by atoms with Gasteiger partial charge in [0.05, 0.1) is 26.0 Å². The molecule has 1 N–H and O–H groups in total. The van der Waals surface area contributed by atoms with E-state index in [9.17, 15) is 9.18 Å². The maximum Gasteiger partial charge on any atom is 0.277 e. The minimum Gasteiger partial charge on any atom is -0.497 e. The number of aromatic nitrogens is 2. The first kappa shape index (κ1) is 19.8. The van der Waals surface area contributed by atoms with E-state index in [2.05, 4.69) is 10.2 Å². The minimum absolute atomic E-state index is 0.207. The summed E-state index contributed by atoms with van der Waals surface area (Å²) in [6.07, 6.45) is 0. The number of amides is 1. The fraction of sp³-hybridized carbons (Fsp3) is 0.120. The SMILES string of the molecule is COc1ccc(OC)c(C2c3c(-c4ccc(F)cc4)n[nH]c3C(=O)N2c2ccccc2)c1. The van der Waals surface area contributed by atoms with Crippen LogP contribution in [0, 0.1) is 5.82 Å². The number of hydrogen-bond donors (Lipinski definition) is 1. The predicted octanol–water partition coefficient (Wildman–Crippen LogP) is 4.98. The maximum absolute atomic E-state index is 13.6. The molecule has 4 aromatic rings. The highest BCUT2D eigenvalue weighted by Crippen LogP contribution is 2.47. The number of nitrogens with zero attached hydrogens (tertiary/aromatic N) is 2. The normalized spacial score (nSPS) is 15.0. The Labute approximate surface area is 184 Å². The van der Waals surface area contributed by atoms with Crippen molar-refractivity contribution in [3.8, 4) is 22.8 Å². The van der Waals surface area contributed by atoms with Crippen molar-refractivity contribution in [1.82, 2.24) is 10.2 Å². The number of benzene rings is 3. The van der Waals surface area contributed by atoms with Crippen LogP contribution in [0.3, 0.4) is 0 Å². The Kier molecular flexibility index (Phi) is 4.86. The first-order valence-corrected chi connectivity index (χ1v) is 10.1. The van der Waals surface area contributed by atoms with Crippen LogP contribution in [0.1, 0.15) is 27.7 Å². The van der Waals surface area contributed by atoms with Crippen LogP contribution in [0.2, 0.25) is 0 Å². The summed E-state index contributed by atoms with van der Waals surface area (Å²) >= 11 is 0. The van der Waals surface area contributed by atoms with Crippen molar-refractivity contribution in [3.63, 3.8) is 0 Å². The van der Waals surface area contributed by atoms with Crippen LogP contribution in [0.15, 0.2) is 72.8 Å². The van der Waals surface area contributed by atoms with E-state index in [1.165, 1.54) is 12.1 Å². The number of rotatable bonds is 5. The summed E-state index contributed by atoms with van der Waals surface area (Å²) < 4.78 is 24.7. The Hall–Kier alpha value is -4.13. The Morgan fingerprint density at radius 2 is 1.72 bits per heavy atom. The molecule has 1 aliphatic heterocycles. The van der Waals surface area contributed by atoms with Crippen LogP contribution in [0.25, 0.3) is 11.3 Å². The molecule has 2 heterocycles. The van der Waals surface area contributed by atoms with Gasteiger partial charge in [0.15, 0.2) is 0 Å². The lowest BCUT2D eigenvalue weighted by Crippen LogP contribution is -2.29. The molecule has 0 radical (unpaired) electrons. The van der Waals surface area contributed by atoms with Gasteiger partial charge in [-0.25, -0.2) is 4.39 Å². The zero-order chi connectivity index (χ0) is 22.2. The van der Waals surface area contributed by atoms with Crippen LogP contribution < -0.4 is 14.4 Å². The number of methoxy groups -OCH3 is 2. The predicted molar refractivity (Wildman–Crippen MR) is 119 cm³/mol. The average molecular weight is 429 g/mol. The largest absolute Gasteiger partial charge is 0.497 e. The molecule has 1 unspecified atom stereocenters. The average Bonchev–Trinajstić information content (AvgIpc) is 3.38. The van der Waals surface area contributed by atoms with Crippen molar-refractivity contribution >= 4 is 11.6 Å². The van der Waals surface area contributed by atoms with Gasteiger partial charge < -0.3 is 9.47 Å². The Morgan fingerprint density at radius 1 is 0.969 bits per heavy atom. The quantitative estimate of drug-likeness (QED) is 0.486. The van der Waals surface area contributed by atoms with Crippen LogP contribution in [-0.4, -0.2) is 30.3 Å². The lowest BCUT2D eigenvalue weighted by atomic mass is 9.95. The van der Waals surface area contributed by atoms with Gasteiger partial charge in [0.25, 0.3) is 5.91 Å². The summed E-state index contributed by atoms with van der Waals surface area (Å²) in [5, 5.41) is 7.33. The second-order valence-corrected chi connectivity index (χ2v) is 7.39. The zero-order valence-electron chi connectivity index (χ0n) is 17.5. The highest BCUT2D eigenvalue weighted by molar-refractivity contribution is 6.11. The number of ether oxygens (including phenoxy) is 2. The van der Waals surface area contributed by atoms with Gasteiger partial charge in [0.1, 0.15) is 23.0 Å². The van der Waals surface area contributed by atoms with E-state index in [-0.39, 0.29) is 11.7 Å². The van der Waals surface area contributed by atoms with E-state index >= 15 is 0 Å². The van der Waals surface area contributed by atoms with Crippen molar-refractivity contribution in [1.29, 1.82) is 0 Å². The van der Waals surface area contributed by atoms with Crippen LogP contribution in [0.4, 0.5) is 10.1 Å². The molecule has 1 atom stereocenters. The first-order chi connectivity index (χ1) is 15.6. The van der Waals surface area contributed by atoms with Gasteiger partial charge in [-0.15, -0.1) is 0 Å². The number of carbonyl (C=O) groups is 1. The molecule has 0 saturated heterocycles. The fourth-order valence-electron chi connectivity index (χ4n) is 4.18. The Morgan fingerprint density at radius 3 is 2.41 bits per heavy atom. The highest BCUT2D eigenvalue weighted by Gasteiger charge is 2.44. The van der Waals surface area contributed by atoms with Crippen molar-refractivity contribution < 1.29 is 18.7 Å². The third-order valence-electron chi connectivity index (χ3n) is 5.65. The standard InChI is InChI=1S/C25H20FN3O3/c1-31-18-12-13-20(32-2)19(14-18)24-21-22(15-8-10-16(26)11-9-15)27-28-23(21)25(30)29(24)17-6-4-3-5-7-17/h3-14,24H,1-2H3,(H,27,28). The number of fused-ring (bicyclic) bond motifs is 1. The summed E-state index contributed by atoms with van der Waals surface area (Å²) in [5.41, 5.74) is 3.88. The third kappa shape index (κ3) is 3.10. The molecule has 0 bridgehead atoms. The second kappa shape index (κ2) is 7.85. The molecule has 0 aliphatic carbocycles. The molecule has 7 heteroatoms. The van der Waals surface area contributed by atoms with E-state index in [1.807, 2.05) is 48.5 Å². The maximum atomic E-state index is 13.6. The fourth-order valence-corrected chi connectivity index (χ4v) is 4.18. The lowest BCUT2D eigenvalue weighted by molar-refractivity contribution is 0.0988. The molecule has 0 saturated carbocycles. The van der Waals surface area contributed by atoms with E-state index in [0.717, 1.165) is 11.3 Å². The summed E-state index contributed by atoms with van der Waals surface area (Å²) in [7, 11) is 3.18. The summed E-state index contributed by atoms with van der Waals surface area (Å²) in [6.45, 7) is 0. The number of carbonyl (C=O) groups excluding carboxylic acids is 1. The van der Waals surface area contributed by atoms with Crippen LogP contribution >= 0.6 is 0 Å². The number of anilines is 1. The number of nitrogens with one attached hydrogen (secondary N) is 1. The first-order valence-electron chi connectivity index (χ1n) is 10.1. The zero-order valence-corrected chi connectivity index (χ0v) is 17.5.